The molecular formula is C15H15NO2. The molecular weight excluding hydrogens is 226 g/mol. The molecule has 0 amide bonds. The predicted octanol–water partition coefficient (Wildman–Crippen LogP) is 3.51. The SMILES string of the molecule is COc1ccc2cc(C#N)ccc2c1OC(C)C. The molecule has 0 aliphatic carbocycles. The minimum atomic E-state index is 0.0696. The molecule has 0 aliphatic rings. The maximum Gasteiger partial charge on any atom is 0.169 e. The highest BCUT2D eigenvalue weighted by Crippen LogP contribution is 2.36. The maximum absolute atomic E-state index is 8.91. The van der Waals surface area contributed by atoms with Gasteiger partial charge in [-0.05, 0) is 43.5 Å². The van der Waals surface area contributed by atoms with Crippen LogP contribution in [0, 0.1) is 11.3 Å². The van der Waals surface area contributed by atoms with E-state index >= 15 is 0 Å². The van der Waals surface area contributed by atoms with Gasteiger partial charge in [0.2, 0.25) is 0 Å². The first-order valence-corrected chi connectivity index (χ1v) is 5.83. The molecule has 0 bridgehead atoms. The summed E-state index contributed by atoms with van der Waals surface area (Å²) in [6.07, 6.45) is 0.0696. The summed E-state index contributed by atoms with van der Waals surface area (Å²) < 4.78 is 11.1. The number of benzene rings is 2. The van der Waals surface area contributed by atoms with Crippen LogP contribution >= 0.6 is 0 Å². The second-order valence-corrected chi connectivity index (χ2v) is 4.31. The lowest BCUT2D eigenvalue weighted by Crippen LogP contribution is -2.07. The van der Waals surface area contributed by atoms with Crippen molar-refractivity contribution in [2.75, 3.05) is 7.11 Å². The van der Waals surface area contributed by atoms with E-state index in [4.69, 9.17) is 14.7 Å². The first kappa shape index (κ1) is 12.3. The number of rotatable bonds is 3. The molecule has 0 aromatic heterocycles. The van der Waals surface area contributed by atoms with Gasteiger partial charge in [0.25, 0.3) is 0 Å². The van der Waals surface area contributed by atoms with E-state index < -0.39 is 0 Å². The summed E-state index contributed by atoms with van der Waals surface area (Å²) >= 11 is 0. The van der Waals surface area contributed by atoms with Crippen molar-refractivity contribution in [3.63, 3.8) is 0 Å². The molecule has 0 aliphatic heterocycles. The van der Waals surface area contributed by atoms with E-state index in [2.05, 4.69) is 6.07 Å². The van der Waals surface area contributed by atoms with Crippen LogP contribution in [0.2, 0.25) is 0 Å². The Bertz CT molecular complexity index is 612. The van der Waals surface area contributed by atoms with Crippen LogP contribution in [0.25, 0.3) is 10.8 Å². The summed E-state index contributed by atoms with van der Waals surface area (Å²) in [4.78, 5) is 0. The Labute approximate surface area is 107 Å². The zero-order valence-electron chi connectivity index (χ0n) is 10.7. The lowest BCUT2D eigenvalue weighted by atomic mass is 10.1. The lowest BCUT2D eigenvalue weighted by Gasteiger charge is -2.16. The van der Waals surface area contributed by atoms with Crippen molar-refractivity contribution >= 4 is 10.8 Å². The minimum Gasteiger partial charge on any atom is -0.493 e. The Hall–Kier alpha value is -2.21. The van der Waals surface area contributed by atoms with E-state index in [-0.39, 0.29) is 6.10 Å². The van der Waals surface area contributed by atoms with E-state index in [1.807, 2.05) is 38.1 Å². The monoisotopic (exact) mass is 241 g/mol. The van der Waals surface area contributed by atoms with Gasteiger partial charge in [-0.3, -0.25) is 0 Å². The van der Waals surface area contributed by atoms with E-state index in [9.17, 15) is 0 Å². The molecule has 0 N–H and O–H groups in total. The molecule has 2 rings (SSSR count). The summed E-state index contributed by atoms with van der Waals surface area (Å²) in [7, 11) is 1.62. The van der Waals surface area contributed by atoms with Gasteiger partial charge in [-0.1, -0.05) is 6.07 Å². The van der Waals surface area contributed by atoms with E-state index in [0.717, 1.165) is 16.5 Å². The molecule has 0 saturated carbocycles. The third-order valence-electron chi connectivity index (χ3n) is 2.64. The van der Waals surface area contributed by atoms with Crippen molar-refractivity contribution < 1.29 is 9.47 Å². The summed E-state index contributed by atoms with van der Waals surface area (Å²) in [5.74, 6) is 1.44. The van der Waals surface area contributed by atoms with E-state index in [1.54, 1.807) is 13.2 Å². The van der Waals surface area contributed by atoms with Crippen LogP contribution in [-0.2, 0) is 0 Å². The van der Waals surface area contributed by atoms with Gasteiger partial charge >= 0.3 is 0 Å². The van der Waals surface area contributed by atoms with Gasteiger partial charge in [-0.15, -0.1) is 0 Å². The van der Waals surface area contributed by atoms with Crippen LogP contribution in [-0.4, -0.2) is 13.2 Å². The zero-order valence-corrected chi connectivity index (χ0v) is 10.7. The highest BCUT2D eigenvalue weighted by atomic mass is 16.5. The molecule has 92 valence electrons. The molecule has 2 aromatic rings. The van der Waals surface area contributed by atoms with Crippen LogP contribution in [0.3, 0.4) is 0 Å². The van der Waals surface area contributed by atoms with Gasteiger partial charge in [0.1, 0.15) is 0 Å². The number of nitrogens with zero attached hydrogens (tertiary/aromatic N) is 1. The largest absolute Gasteiger partial charge is 0.493 e. The van der Waals surface area contributed by atoms with Gasteiger partial charge in [0.05, 0.1) is 24.8 Å². The number of methoxy groups -OCH3 is 1. The molecule has 3 heteroatoms. The first-order chi connectivity index (χ1) is 8.65. The molecule has 2 aromatic carbocycles. The standard InChI is InChI=1S/C15H15NO2/c1-10(2)18-15-13-6-4-11(9-16)8-12(13)5-7-14(15)17-3/h4-8,10H,1-3H3. The first-order valence-electron chi connectivity index (χ1n) is 5.83. The van der Waals surface area contributed by atoms with Gasteiger partial charge in [-0.2, -0.15) is 5.26 Å². The van der Waals surface area contributed by atoms with E-state index in [0.29, 0.717) is 11.3 Å². The molecule has 3 nitrogen and oxygen atoms in total. The summed E-state index contributed by atoms with van der Waals surface area (Å²) in [5.41, 5.74) is 0.642. The van der Waals surface area contributed by atoms with Gasteiger partial charge in [0.15, 0.2) is 11.5 Å². The van der Waals surface area contributed by atoms with Crippen LogP contribution in [0.1, 0.15) is 19.4 Å². The lowest BCUT2D eigenvalue weighted by molar-refractivity contribution is 0.233. The van der Waals surface area contributed by atoms with Crippen molar-refractivity contribution in [2.24, 2.45) is 0 Å². The molecule has 0 atom stereocenters. The minimum absolute atomic E-state index is 0.0696. The number of ether oxygens (including phenoxy) is 2. The van der Waals surface area contributed by atoms with Crippen LogP contribution in [0.5, 0.6) is 11.5 Å². The molecule has 0 spiro atoms. The maximum atomic E-state index is 8.91. The molecule has 18 heavy (non-hydrogen) atoms. The van der Waals surface area contributed by atoms with Crippen molar-refractivity contribution in [3.05, 3.63) is 35.9 Å². The highest BCUT2D eigenvalue weighted by molar-refractivity contribution is 5.91. The van der Waals surface area contributed by atoms with Gasteiger partial charge in [0, 0.05) is 5.39 Å². The number of nitriles is 1. The van der Waals surface area contributed by atoms with Crippen molar-refractivity contribution in [1.29, 1.82) is 5.26 Å². The number of hydrogen-bond donors (Lipinski definition) is 0. The molecule has 0 heterocycles. The van der Waals surface area contributed by atoms with Crippen LogP contribution < -0.4 is 9.47 Å². The Morgan fingerprint density at radius 1 is 1.17 bits per heavy atom. The van der Waals surface area contributed by atoms with Crippen molar-refractivity contribution in [1.82, 2.24) is 0 Å². The third-order valence-corrected chi connectivity index (χ3v) is 2.64. The zero-order chi connectivity index (χ0) is 13.1. The molecule has 0 unspecified atom stereocenters. The van der Waals surface area contributed by atoms with E-state index in [1.165, 1.54) is 0 Å². The quantitative estimate of drug-likeness (QED) is 0.825. The second-order valence-electron chi connectivity index (χ2n) is 4.31. The average Bonchev–Trinajstić information content (AvgIpc) is 2.37. The normalized spacial score (nSPS) is 10.4. The summed E-state index contributed by atoms with van der Waals surface area (Å²) in [6, 6.07) is 11.5. The van der Waals surface area contributed by atoms with Crippen LogP contribution in [0.4, 0.5) is 0 Å². The Morgan fingerprint density at radius 2 is 1.94 bits per heavy atom. The topological polar surface area (TPSA) is 42.2 Å². The molecule has 0 saturated heterocycles. The van der Waals surface area contributed by atoms with Crippen LogP contribution in [0.15, 0.2) is 30.3 Å². The summed E-state index contributed by atoms with van der Waals surface area (Å²) in [6.45, 7) is 3.95. The fraction of sp³-hybridized carbons (Fsp3) is 0.267. The molecule has 0 radical (unpaired) electrons. The summed E-state index contributed by atoms with van der Waals surface area (Å²) in [5, 5.41) is 10.8. The van der Waals surface area contributed by atoms with Gasteiger partial charge < -0.3 is 9.47 Å². The highest BCUT2D eigenvalue weighted by Gasteiger charge is 2.11. The van der Waals surface area contributed by atoms with Crippen molar-refractivity contribution in [3.8, 4) is 17.6 Å². The fourth-order valence-corrected chi connectivity index (χ4v) is 1.87. The predicted molar refractivity (Wildman–Crippen MR) is 71.0 cm³/mol. The average molecular weight is 241 g/mol. The van der Waals surface area contributed by atoms with Crippen molar-refractivity contribution in [2.45, 2.75) is 20.0 Å². The third kappa shape index (κ3) is 2.23. The Morgan fingerprint density at radius 3 is 2.56 bits per heavy atom. The number of fused-ring (bicyclic) bond motifs is 1. The fourth-order valence-electron chi connectivity index (χ4n) is 1.87. The second kappa shape index (κ2) is 4.97. The molecule has 0 fully saturated rings. The Balaban J connectivity index is 2.66. The number of hydrogen-bond acceptors (Lipinski definition) is 3. The smallest absolute Gasteiger partial charge is 0.169 e. The van der Waals surface area contributed by atoms with Gasteiger partial charge in [-0.25, -0.2) is 0 Å². The Kier molecular flexibility index (Phi) is 3.38.